The van der Waals surface area contributed by atoms with E-state index in [1.807, 2.05) is 20.0 Å². The van der Waals surface area contributed by atoms with Gasteiger partial charge in [-0.3, -0.25) is 4.79 Å². The largest absolute Gasteiger partial charge is 0.467 e. The molecule has 0 saturated heterocycles. The van der Waals surface area contributed by atoms with Gasteiger partial charge in [0.05, 0.1) is 0 Å². The molecule has 0 aliphatic heterocycles. The van der Waals surface area contributed by atoms with Crippen molar-refractivity contribution in [2.24, 2.45) is 0 Å². The SMILES string of the molecule is CCOCOc1cc(C=O)ccc1-c1nnc(NC)c(C2CC2)c1C1CC1. The van der Waals surface area contributed by atoms with E-state index in [-0.39, 0.29) is 6.79 Å². The molecule has 1 aromatic carbocycles. The third-order valence-corrected chi connectivity index (χ3v) is 5.16. The molecule has 0 bridgehead atoms. The smallest absolute Gasteiger partial charge is 0.189 e. The van der Waals surface area contributed by atoms with Gasteiger partial charge >= 0.3 is 0 Å². The van der Waals surface area contributed by atoms with Crippen LogP contribution in [-0.4, -0.2) is 36.9 Å². The highest BCUT2D eigenvalue weighted by molar-refractivity contribution is 5.81. The first-order chi connectivity index (χ1) is 13.3. The van der Waals surface area contributed by atoms with Crippen molar-refractivity contribution in [3.63, 3.8) is 0 Å². The molecule has 2 fully saturated rings. The van der Waals surface area contributed by atoms with E-state index in [4.69, 9.17) is 9.47 Å². The summed E-state index contributed by atoms with van der Waals surface area (Å²) < 4.78 is 11.2. The molecule has 1 aromatic heterocycles. The first-order valence-corrected chi connectivity index (χ1v) is 9.65. The number of nitrogens with zero attached hydrogens (tertiary/aromatic N) is 2. The Morgan fingerprint density at radius 1 is 1.15 bits per heavy atom. The van der Waals surface area contributed by atoms with E-state index in [1.165, 1.54) is 36.8 Å². The Labute approximate surface area is 159 Å². The van der Waals surface area contributed by atoms with E-state index in [9.17, 15) is 4.79 Å². The highest BCUT2D eigenvalue weighted by Gasteiger charge is 2.38. The second-order valence-electron chi connectivity index (χ2n) is 7.15. The van der Waals surface area contributed by atoms with Crippen LogP contribution in [0.2, 0.25) is 0 Å². The van der Waals surface area contributed by atoms with Crippen molar-refractivity contribution in [1.29, 1.82) is 0 Å². The molecule has 0 radical (unpaired) electrons. The lowest BCUT2D eigenvalue weighted by atomic mass is 9.94. The van der Waals surface area contributed by atoms with E-state index in [2.05, 4.69) is 15.5 Å². The van der Waals surface area contributed by atoms with Gasteiger partial charge in [0.1, 0.15) is 17.7 Å². The summed E-state index contributed by atoms with van der Waals surface area (Å²) in [6.45, 7) is 2.63. The van der Waals surface area contributed by atoms with E-state index in [0.717, 1.165) is 23.4 Å². The fourth-order valence-corrected chi connectivity index (χ4v) is 3.53. The lowest BCUT2D eigenvalue weighted by molar-refractivity contribution is 0.0227. The fraction of sp³-hybridized carbons (Fsp3) is 0.476. The van der Waals surface area contributed by atoms with E-state index in [1.54, 1.807) is 12.1 Å². The summed E-state index contributed by atoms with van der Waals surface area (Å²) in [4.78, 5) is 11.2. The number of aldehydes is 1. The molecule has 27 heavy (non-hydrogen) atoms. The van der Waals surface area contributed by atoms with Crippen LogP contribution in [0.5, 0.6) is 5.75 Å². The lowest BCUT2D eigenvalue weighted by Crippen LogP contribution is -2.08. The van der Waals surface area contributed by atoms with Gasteiger partial charge in [-0.15, -0.1) is 10.2 Å². The van der Waals surface area contributed by atoms with Gasteiger partial charge in [-0.05, 0) is 62.1 Å². The van der Waals surface area contributed by atoms with Crippen LogP contribution in [0.25, 0.3) is 11.3 Å². The Bertz CT molecular complexity index is 845. The Kier molecular flexibility index (Phi) is 5.07. The van der Waals surface area contributed by atoms with E-state index >= 15 is 0 Å². The molecule has 1 N–H and O–H groups in total. The summed E-state index contributed by atoms with van der Waals surface area (Å²) in [6, 6.07) is 5.47. The molecule has 6 nitrogen and oxygen atoms in total. The standard InChI is InChI=1S/C21H25N3O3/c1-3-26-12-27-17-10-13(11-25)4-9-16(17)20-18(14-5-6-14)19(15-7-8-15)21(22-2)24-23-20/h4,9-11,14-15H,3,5-8,12H2,1-2H3,(H,22,24). The monoisotopic (exact) mass is 367 g/mol. The number of hydrogen-bond donors (Lipinski definition) is 1. The van der Waals surface area contributed by atoms with Gasteiger partial charge in [-0.1, -0.05) is 6.07 Å². The maximum atomic E-state index is 11.2. The predicted molar refractivity (Wildman–Crippen MR) is 103 cm³/mol. The van der Waals surface area contributed by atoms with Crippen LogP contribution in [0.3, 0.4) is 0 Å². The molecule has 2 aliphatic carbocycles. The van der Waals surface area contributed by atoms with Crippen molar-refractivity contribution >= 4 is 12.1 Å². The highest BCUT2D eigenvalue weighted by atomic mass is 16.7. The molecule has 0 amide bonds. The maximum Gasteiger partial charge on any atom is 0.189 e. The van der Waals surface area contributed by atoms with Gasteiger partial charge in [-0.2, -0.15) is 0 Å². The first-order valence-electron chi connectivity index (χ1n) is 9.65. The highest BCUT2D eigenvalue weighted by Crippen LogP contribution is 2.54. The number of carbonyl (C=O) groups excluding carboxylic acids is 1. The van der Waals surface area contributed by atoms with Crippen molar-refractivity contribution in [1.82, 2.24) is 10.2 Å². The number of nitrogens with one attached hydrogen (secondary N) is 1. The predicted octanol–water partition coefficient (Wildman–Crippen LogP) is 4.13. The molecule has 4 rings (SSSR count). The zero-order valence-electron chi connectivity index (χ0n) is 15.8. The first kappa shape index (κ1) is 17.9. The molecular weight excluding hydrogens is 342 g/mol. The summed E-state index contributed by atoms with van der Waals surface area (Å²) in [5.74, 6) is 2.61. The summed E-state index contributed by atoms with van der Waals surface area (Å²) in [6.07, 6.45) is 5.60. The number of hydrogen-bond acceptors (Lipinski definition) is 6. The summed E-state index contributed by atoms with van der Waals surface area (Å²) in [5.41, 5.74) is 4.94. The molecule has 6 heteroatoms. The number of carbonyl (C=O) groups is 1. The quantitative estimate of drug-likeness (QED) is 0.408. The summed E-state index contributed by atoms with van der Waals surface area (Å²) in [5, 5.41) is 12.3. The van der Waals surface area contributed by atoms with Gasteiger partial charge in [-0.25, -0.2) is 0 Å². The minimum atomic E-state index is 0.141. The van der Waals surface area contributed by atoms with Crippen LogP contribution < -0.4 is 10.1 Å². The van der Waals surface area contributed by atoms with Crippen LogP contribution in [0, 0.1) is 0 Å². The van der Waals surface area contributed by atoms with Crippen molar-refractivity contribution in [2.75, 3.05) is 25.8 Å². The second kappa shape index (κ2) is 7.64. The van der Waals surface area contributed by atoms with Crippen LogP contribution in [-0.2, 0) is 4.74 Å². The van der Waals surface area contributed by atoms with Crippen LogP contribution in [0.15, 0.2) is 18.2 Å². The molecule has 2 aliphatic rings. The molecule has 0 atom stereocenters. The molecule has 2 aromatic rings. The molecule has 1 heterocycles. The van der Waals surface area contributed by atoms with Gasteiger partial charge in [0, 0.05) is 30.3 Å². The number of ether oxygens (including phenoxy) is 2. The third kappa shape index (κ3) is 3.67. The van der Waals surface area contributed by atoms with Crippen LogP contribution in [0.4, 0.5) is 5.82 Å². The second-order valence-corrected chi connectivity index (χ2v) is 7.15. The molecule has 2 saturated carbocycles. The minimum absolute atomic E-state index is 0.141. The zero-order valence-corrected chi connectivity index (χ0v) is 15.8. The van der Waals surface area contributed by atoms with Crippen molar-refractivity contribution < 1.29 is 14.3 Å². The molecule has 0 spiro atoms. The maximum absolute atomic E-state index is 11.2. The van der Waals surface area contributed by atoms with Crippen LogP contribution in [0.1, 0.15) is 65.9 Å². The minimum Gasteiger partial charge on any atom is -0.467 e. The number of anilines is 1. The van der Waals surface area contributed by atoms with Gasteiger partial charge < -0.3 is 14.8 Å². The van der Waals surface area contributed by atoms with Crippen molar-refractivity contribution in [3.8, 4) is 17.0 Å². The molecule has 0 unspecified atom stereocenters. The van der Waals surface area contributed by atoms with Gasteiger partial charge in [0.25, 0.3) is 0 Å². The number of benzene rings is 1. The Morgan fingerprint density at radius 3 is 2.52 bits per heavy atom. The van der Waals surface area contributed by atoms with Gasteiger partial charge in [0.15, 0.2) is 12.6 Å². The van der Waals surface area contributed by atoms with E-state index < -0.39 is 0 Å². The average molecular weight is 367 g/mol. The summed E-state index contributed by atoms with van der Waals surface area (Å²) in [7, 11) is 1.90. The molecule has 142 valence electrons. The zero-order chi connectivity index (χ0) is 18.8. The fourth-order valence-electron chi connectivity index (χ4n) is 3.53. The van der Waals surface area contributed by atoms with E-state index in [0.29, 0.717) is 29.8 Å². The third-order valence-electron chi connectivity index (χ3n) is 5.16. The average Bonchev–Trinajstić information content (AvgIpc) is 3.59. The lowest BCUT2D eigenvalue weighted by Gasteiger charge is -2.18. The topological polar surface area (TPSA) is 73.3 Å². The Balaban J connectivity index is 1.83. The Morgan fingerprint density at radius 2 is 1.89 bits per heavy atom. The number of rotatable bonds is 9. The summed E-state index contributed by atoms with van der Waals surface area (Å²) >= 11 is 0. The Hall–Kier alpha value is -2.47. The van der Waals surface area contributed by atoms with Crippen molar-refractivity contribution in [2.45, 2.75) is 44.4 Å². The van der Waals surface area contributed by atoms with Crippen molar-refractivity contribution in [3.05, 3.63) is 34.9 Å². The number of aromatic nitrogens is 2. The normalized spacial score (nSPS) is 16.2. The van der Waals surface area contributed by atoms with Crippen LogP contribution >= 0.6 is 0 Å². The van der Waals surface area contributed by atoms with Gasteiger partial charge in [0.2, 0.25) is 0 Å². The molecular formula is C21H25N3O3.